The third-order valence-electron chi connectivity index (χ3n) is 5.09. The van der Waals surface area contributed by atoms with E-state index in [0.29, 0.717) is 24.6 Å². The molecule has 2 fully saturated rings. The molecule has 3 rings (SSSR count). The van der Waals surface area contributed by atoms with Crippen LogP contribution < -0.4 is 5.48 Å². The van der Waals surface area contributed by atoms with Crippen molar-refractivity contribution in [3.05, 3.63) is 24.7 Å². The second-order valence-electron chi connectivity index (χ2n) is 8.88. The molecule has 190 valence electrons. The van der Waals surface area contributed by atoms with Crippen molar-refractivity contribution in [3.8, 4) is 0 Å². The molecule has 2 N–H and O–H groups in total. The Morgan fingerprint density at radius 3 is 2.62 bits per heavy atom. The van der Waals surface area contributed by atoms with Gasteiger partial charge in [0, 0.05) is 38.2 Å². The zero-order chi connectivity index (χ0) is 25.1. The summed E-state index contributed by atoms with van der Waals surface area (Å²) >= 11 is 0. The molecule has 34 heavy (non-hydrogen) atoms. The molecule has 0 radical (unpaired) electrons. The minimum absolute atomic E-state index is 0.0873. The number of fused-ring (bicyclic) bond motifs is 2. The van der Waals surface area contributed by atoms with Crippen LogP contribution >= 0.6 is 0 Å². The lowest BCUT2D eigenvalue weighted by Gasteiger charge is -2.29. The monoisotopic (exact) mass is 503 g/mol. The number of hydrogen-bond acceptors (Lipinski definition) is 9. The minimum atomic E-state index is -4.86. The first-order chi connectivity index (χ1) is 15.8. The zero-order valence-electron chi connectivity index (χ0n) is 19.1. The van der Waals surface area contributed by atoms with Crippen LogP contribution in [0, 0.1) is 0 Å². The van der Waals surface area contributed by atoms with E-state index in [2.05, 4.69) is 9.76 Å². The molecule has 2 bridgehead atoms. The van der Waals surface area contributed by atoms with Crippen molar-refractivity contribution in [3.63, 3.8) is 0 Å². The van der Waals surface area contributed by atoms with Crippen LogP contribution in [0.15, 0.2) is 24.7 Å². The van der Waals surface area contributed by atoms with Gasteiger partial charge in [-0.1, -0.05) is 0 Å². The predicted octanol–water partition coefficient (Wildman–Crippen LogP) is 0.575. The predicted molar refractivity (Wildman–Crippen MR) is 115 cm³/mol. The topological polar surface area (TPSA) is 158 Å². The fourth-order valence-corrected chi connectivity index (χ4v) is 4.01. The van der Waals surface area contributed by atoms with E-state index in [9.17, 15) is 22.8 Å². The number of urea groups is 1. The lowest BCUT2D eigenvalue weighted by Crippen LogP contribution is -2.50. The fraction of sp³-hybridized carbons (Fsp3) is 0.632. The van der Waals surface area contributed by atoms with Crippen molar-refractivity contribution < 1.29 is 41.2 Å². The molecule has 3 aliphatic rings. The molecule has 4 amide bonds. The molecule has 2 saturated heterocycles. The van der Waals surface area contributed by atoms with Crippen molar-refractivity contribution in [2.24, 2.45) is 0 Å². The average Bonchev–Trinajstić information content (AvgIpc) is 2.89. The highest BCUT2D eigenvalue weighted by molar-refractivity contribution is 7.80. The number of nitrogens with one attached hydrogen (secondary N) is 1. The second kappa shape index (κ2) is 10.2. The summed E-state index contributed by atoms with van der Waals surface area (Å²) in [5.74, 6) is -0.557. The molecule has 0 unspecified atom stereocenters. The van der Waals surface area contributed by atoms with Crippen molar-refractivity contribution in [2.75, 3.05) is 26.2 Å². The molecule has 0 aromatic rings. The molecule has 3 heterocycles. The van der Waals surface area contributed by atoms with Gasteiger partial charge in [0.05, 0.1) is 12.6 Å². The van der Waals surface area contributed by atoms with Gasteiger partial charge in [0.1, 0.15) is 11.6 Å². The summed E-state index contributed by atoms with van der Waals surface area (Å²) in [6.07, 6.45) is 6.92. The Bertz CT molecular complexity index is 962. The SMILES string of the molecule is CC(C)(C)OC(=O)N1C=CN(CCONC(=O)[C@@H]2CC[C@@H]3CN2C(=O)N3OS(=O)(=O)O)C=CC1. The lowest BCUT2D eigenvalue weighted by atomic mass is 10.0. The summed E-state index contributed by atoms with van der Waals surface area (Å²) < 4.78 is 40.4. The maximum Gasteiger partial charge on any atom is 0.418 e. The standard InChI is InChI=1S/C19H29N5O9S/c1-19(2,3)32-18(27)22-8-4-7-21(9-10-22)11-12-31-20-16(25)15-6-5-14-13-23(15)17(26)24(14)33-34(28,29)30/h4,7,9-10,14-15H,5-6,8,11-13H2,1-3H3,(H,20,25)(H,28,29,30)/t14-,15+/m1/s1. The molecule has 0 aromatic carbocycles. The third kappa shape index (κ3) is 6.82. The lowest BCUT2D eigenvalue weighted by molar-refractivity contribution is -0.139. The van der Waals surface area contributed by atoms with Crippen LogP contribution in [0.1, 0.15) is 33.6 Å². The van der Waals surface area contributed by atoms with E-state index >= 15 is 0 Å². The van der Waals surface area contributed by atoms with E-state index in [1.54, 1.807) is 50.3 Å². The Kier molecular flexibility index (Phi) is 7.70. The summed E-state index contributed by atoms with van der Waals surface area (Å²) in [6, 6.07) is -2.27. The molecule has 0 spiro atoms. The van der Waals surface area contributed by atoms with Crippen LogP contribution in [0.25, 0.3) is 0 Å². The van der Waals surface area contributed by atoms with Gasteiger partial charge in [0.2, 0.25) is 0 Å². The van der Waals surface area contributed by atoms with Gasteiger partial charge in [-0.25, -0.2) is 15.1 Å². The minimum Gasteiger partial charge on any atom is -0.443 e. The molecule has 14 nitrogen and oxygen atoms in total. The van der Waals surface area contributed by atoms with Crippen LogP contribution in [0.2, 0.25) is 0 Å². The number of rotatable bonds is 7. The van der Waals surface area contributed by atoms with Gasteiger partial charge in [0.25, 0.3) is 5.91 Å². The van der Waals surface area contributed by atoms with Gasteiger partial charge >= 0.3 is 22.5 Å². The van der Waals surface area contributed by atoms with Gasteiger partial charge in [-0.15, -0.1) is 4.28 Å². The van der Waals surface area contributed by atoms with E-state index in [0.717, 1.165) is 0 Å². The third-order valence-corrected chi connectivity index (χ3v) is 5.44. The largest absolute Gasteiger partial charge is 0.443 e. The molecule has 3 aliphatic heterocycles. The average molecular weight is 504 g/mol. The Morgan fingerprint density at radius 2 is 1.94 bits per heavy atom. The van der Waals surface area contributed by atoms with E-state index < -0.39 is 46.1 Å². The first kappa shape index (κ1) is 25.7. The Labute approximate surface area is 197 Å². The molecule has 2 atom stereocenters. The molecular formula is C19H29N5O9S. The Morgan fingerprint density at radius 1 is 1.21 bits per heavy atom. The summed E-state index contributed by atoms with van der Waals surface area (Å²) in [5.41, 5.74) is 1.70. The summed E-state index contributed by atoms with van der Waals surface area (Å²) in [6.45, 7) is 6.25. The number of piperidine rings is 1. The highest BCUT2D eigenvalue weighted by Gasteiger charge is 2.49. The summed E-state index contributed by atoms with van der Waals surface area (Å²) in [5, 5.41) is 0.571. The number of carbonyl (C=O) groups is 3. The van der Waals surface area contributed by atoms with E-state index in [1.165, 1.54) is 9.80 Å². The number of hydroxylamine groups is 3. The highest BCUT2D eigenvalue weighted by Crippen LogP contribution is 2.30. The highest BCUT2D eigenvalue weighted by atomic mass is 32.3. The van der Waals surface area contributed by atoms with Crippen LogP contribution in [0.5, 0.6) is 0 Å². The van der Waals surface area contributed by atoms with Crippen molar-refractivity contribution in [1.29, 1.82) is 0 Å². The number of ether oxygens (including phenoxy) is 1. The fourth-order valence-electron chi connectivity index (χ4n) is 3.62. The van der Waals surface area contributed by atoms with Crippen LogP contribution in [-0.4, -0.2) is 94.7 Å². The molecule has 0 aromatic heterocycles. The number of hydrogen-bond donors (Lipinski definition) is 2. The van der Waals surface area contributed by atoms with Gasteiger partial charge < -0.3 is 14.5 Å². The first-order valence-electron chi connectivity index (χ1n) is 10.6. The van der Waals surface area contributed by atoms with Crippen molar-refractivity contribution in [1.82, 2.24) is 25.2 Å². The maximum atomic E-state index is 12.5. The number of amides is 4. The molecule has 15 heteroatoms. The van der Waals surface area contributed by atoms with Crippen molar-refractivity contribution >= 4 is 28.4 Å². The molecule has 0 saturated carbocycles. The van der Waals surface area contributed by atoms with Crippen LogP contribution in [-0.2, 0) is 29.1 Å². The van der Waals surface area contributed by atoms with Crippen LogP contribution in [0.3, 0.4) is 0 Å². The Hall–Kier alpha value is -2.88. The second-order valence-corrected chi connectivity index (χ2v) is 9.88. The van der Waals surface area contributed by atoms with Crippen LogP contribution in [0.4, 0.5) is 9.59 Å². The van der Waals surface area contributed by atoms with Gasteiger partial charge in [-0.3, -0.25) is 19.1 Å². The normalized spacial score (nSPS) is 22.8. The Balaban J connectivity index is 1.43. The van der Waals surface area contributed by atoms with Crippen molar-refractivity contribution in [2.45, 2.75) is 51.3 Å². The zero-order valence-corrected chi connectivity index (χ0v) is 19.9. The first-order valence-corrected chi connectivity index (χ1v) is 12.0. The maximum absolute atomic E-state index is 12.5. The van der Waals surface area contributed by atoms with Gasteiger partial charge in [-0.05, 0) is 39.7 Å². The van der Waals surface area contributed by atoms with Gasteiger partial charge in [-0.2, -0.15) is 13.5 Å². The quantitative estimate of drug-likeness (QED) is 0.286. The smallest absolute Gasteiger partial charge is 0.418 e. The van der Waals surface area contributed by atoms with E-state index in [4.69, 9.17) is 14.1 Å². The van der Waals surface area contributed by atoms with E-state index in [1.807, 2.05) is 0 Å². The number of nitrogens with zero attached hydrogens (tertiary/aromatic N) is 4. The molecular weight excluding hydrogens is 474 g/mol. The van der Waals surface area contributed by atoms with E-state index in [-0.39, 0.29) is 19.6 Å². The number of carbonyl (C=O) groups excluding carboxylic acids is 3. The summed E-state index contributed by atoms with van der Waals surface area (Å²) in [7, 11) is -4.86. The van der Waals surface area contributed by atoms with Gasteiger partial charge in [0.15, 0.2) is 0 Å². The molecule has 0 aliphatic carbocycles. The summed E-state index contributed by atoms with van der Waals surface area (Å²) in [4.78, 5) is 46.6.